The number of nitriles is 1. The zero-order valence-corrected chi connectivity index (χ0v) is 10.5. The zero-order chi connectivity index (χ0) is 13.4. The van der Waals surface area contributed by atoms with Crippen molar-refractivity contribution in [1.82, 2.24) is 14.6 Å². The number of aromatic nitrogens is 3. The number of benzene rings is 1. The van der Waals surface area contributed by atoms with Crippen LogP contribution in [0.4, 0.5) is 5.82 Å². The predicted octanol–water partition coefficient (Wildman–Crippen LogP) is 2.50. The van der Waals surface area contributed by atoms with E-state index in [1.165, 1.54) is 0 Å². The molecule has 6 heteroatoms. The maximum absolute atomic E-state index is 9.11. The van der Waals surface area contributed by atoms with Gasteiger partial charge in [0.25, 0.3) is 0 Å². The van der Waals surface area contributed by atoms with Crippen molar-refractivity contribution >= 4 is 22.9 Å². The van der Waals surface area contributed by atoms with Gasteiger partial charge in [-0.3, -0.25) is 0 Å². The summed E-state index contributed by atoms with van der Waals surface area (Å²) in [6, 6.07) is 11.0. The summed E-state index contributed by atoms with van der Waals surface area (Å²) in [5, 5.41) is 13.6. The minimum atomic E-state index is 0.324. The molecule has 3 aromatic rings. The van der Waals surface area contributed by atoms with Crippen molar-refractivity contribution in [2.75, 3.05) is 5.73 Å². The van der Waals surface area contributed by atoms with E-state index in [0.29, 0.717) is 33.3 Å². The van der Waals surface area contributed by atoms with E-state index < -0.39 is 0 Å². The van der Waals surface area contributed by atoms with Crippen LogP contribution in [-0.4, -0.2) is 14.6 Å². The molecule has 0 atom stereocenters. The summed E-state index contributed by atoms with van der Waals surface area (Å²) in [6.45, 7) is 0. The van der Waals surface area contributed by atoms with E-state index in [4.69, 9.17) is 22.6 Å². The second-order valence-electron chi connectivity index (χ2n) is 3.97. The number of rotatable bonds is 1. The first-order valence-electron chi connectivity index (χ1n) is 5.50. The quantitative estimate of drug-likeness (QED) is 0.736. The van der Waals surface area contributed by atoms with Crippen molar-refractivity contribution in [3.8, 4) is 17.3 Å². The molecule has 0 aliphatic heterocycles. The average molecular weight is 270 g/mol. The van der Waals surface area contributed by atoms with Gasteiger partial charge in [0.2, 0.25) is 0 Å². The first kappa shape index (κ1) is 11.5. The SMILES string of the molecule is N#Cc1ccccc1-c1cn2nc(Cl)cc2c(N)n1. The van der Waals surface area contributed by atoms with Crippen molar-refractivity contribution in [3.05, 3.63) is 47.2 Å². The number of fused-ring (bicyclic) bond motifs is 1. The Morgan fingerprint density at radius 3 is 2.89 bits per heavy atom. The van der Waals surface area contributed by atoms with Gasteiger partial charge in [0.15, 0.2) is 5.15 Å². The Bertz CT molecular complexity index is 816. The van der Waals surface area contributed by atoms with Crippen molar-refractivity contribution in [2.45, 2.75) is 0 Å². The van der Waals surface area contributed by atoms with Crippen molar-refractivity contribution < 1.29 is 0 Å². The maximum atomic E-state index is 9.11. The van der Waals surface area contributed by atoms with Gasteiger partial charge < -0.3 is 5.73 Å². The van der Waals surface area contributed by atoms with Gasteiger partial charge in [-0.15, -0.1) is 0 Å². The lowest BCUT2D eigenvalue weighted by Gasteiger charge is -2.05. The molecule has 0 saturated carbocycles. The first-order valence-corrected chi connectivity index (χ1v) is 5.88. The average Bonchev–Trinajstić information content (AvgIpc) is 2.79. The van der Waals surface area contributed by atoms with E-state index >= 15 is 0 Å². The molecule has 1 aromatic carbocycles. The Labute approximate surface area is 113 Å². The minimum Gasteiger partial charge on any atom is -0.382 e. The molecule has 19 heavy (non-hydrogen) atoms. The van der Waals surface area contributed by atoms with Gasteiger partial charge in [-0.05, 0) is 6.07 Å². The molecule has 5 nitrogen and oxygen atoms in total. The van der Waals surface area contributed by atoms with Crippen LogP contribution in [-0.2, 0) is 0 Å². The van der Waals surface area contributed by atoms with Gasteiger partial charge >= 0.3 is 0 Å². The molecular weight excluding hydrogens is 262 g/mol. The molecule has 2 N–H and O–H groups in total. The monoisotopic (exact) mass is 269 g/mol. The summed E-state index contributed by atoms with van der Waals surface area (Å²) >= 11 is 5.84. The van der Waals surface area contributed by atoms with Gasteiger partial charge in [-0.1, -0.05) is 29.8 Å². The normalized spacial score (nSPS) is 10.5. The van der Waals surface area contributed by atoms with Crippen LogP contribution in [0, 0.1) is 11.3 Å². The first-order chi connectivity index (χ1) is 9.19. The van der Waals surface area contributed by atoms with Gasteiger partial charge in [0.1, 0.15) is 11.3 Å². The second-order valence-corrected chi connectivity index (χ2v) is 4.35. The largest absolute Gasteiger partial charge is 0.382 e. The number of hydrogen-bond acceptors (Lipinski definition) is 4. The van der Waals surface area contributed by atoms with Gasteiger partial charge in [-0.25, -0.2) is 9.50 Å². The number of nitrogens with zero attached hydrogens (tertiary/aromatic N) is 4. The molecule has 0 radical (unpaired) electrons. The lowest BCUT2D eigenvalue weighted by molar-refractivity contribution is 0.952. The Kier molecular flexibility index (Phi) is 2.58. The summed E-state index contributed by atoms with van der Waals surface area (Å²) in [6.07, 6.45) is 1.70. The minimum absolute atomic E-state index is 0.324. The number of hydrogen-bond donors (Lipinski definition) is 1. The highest BCUT2D eigenvalue weighted by atomic mass is 35.5. The third-order valence-electron chi connectivity index (χ3n) is 2.78. The highest BCUT2D eigenvalue weighted by Crippen LogP contribution is 2.25. The molecule has 0 bridgehead atoms. The van der Waals surface area contributed by atoms with E-state index in [-0.39, 0.29) is 0 Å². The Morgan fingerprint density at radius 1 is 1.32 bits per heavy atom. The van der Waals surface area contributed by atoms with Crippen LogP contribution < -0.4 is 5.73 Å². The molecule has 2 aromatic heterocycles. The number of anilines is 1. The fourth-order valence-corrected chi connectivity index (χ4v) is 2.10. The van der Waals surface area contributed by atoms with Crippen LogP contribution in [0.15, 0.2) is 36.5 Å². The van der Waals surface area contributed by atoms with Crippen molar-refractivity contribution in [1.29, 1.82) is 5.26 Å². The summed E-state index contributed by atoms with van der Waals surface area (Å²) in [4.78, 5) is 4.30. The third kappa shape index (κ3) is 1.88. The molecule has 0 spiro atoms. The van der Waals surface area contributed by atoms with Crippen LogP contribution >= 0.6 is 11.6 Å². The van der Waals surface area contributed by atoms with E-state index in [1.54, 1.807) is 28.9 Å². The molecule has 92 valence electrons. The Morgan fingerprint density at radius 2 is 2.11 bits per heavy atom. The maximum Gasteiger partial charge on any atom is 0.152 e. The molecule has 3 rings (SSSR count). The van der Waals surface area contributed by atoms with Crippen LogP contribution in [0.5, 0.6) is 0 Å². The molecule has 0 saturated heterocycles. The molecule has 0 unspecified atom stereocenters. The van der Waals surface area contributed by atoms with Crippen LogP contribution in [0.3, 0.4) is 0 Å². The summed E-state index contributed by atoms with van der Waals surface area (Å²) in [5.41, 5.74) is 8.36. The van der Waals surface area contributed by atoms with Gasteiger partial charge in [0.05, 0.1) is 23.5 Å². The topological polar surface area (TPSA) is 80.0 Å². The number of nitrogens with two attached hydrogens (primary N) is 1. The van der Waals surface area contributed by atoms with E-state index in [2.05, 4.69) is 16.2 Å². The van der Waals surface area contributed by atoms with Gasteiger partial charge in [0, 0.05) is 11.6 Å². The Hall–Kier alpha value is -2.58. The van der Waals surface area contributed by atoms with E-state index in [1.807, 2.05) is 12.1 Å². The van der Waals surface area contributed by atoms with Crippen LogP contribution in [0.25, 0.3) is 16.8 Å². The number of halogens is 1. The third-order valence-corrected chi connectivity index (χ3v) is 2.96. The van der Waals surface area contributed by atoms with E-state index in [0.717, 1.165) is 0 Å². The molecule has 0 aliphatic rings. The predicted molar refractivity (Wildman–Crippen MR) is 72.6 cm³/mol. The second kappa shape index (κ2) is 4.26. The van der Waals surface area contributed by atoms with E-state index in [9.17, 15) is 0 Å². The van der Waals surface area contributed by atoms with Gasteiger partial charge in [-0.2, -0.15) is 10.4 Å². The standard InChI is InChI=1S/C13H8ClN5/c14-12-5-11-13(16)17-10(7-19(11)18-12)9-4-2-1-3-8(9)6-15/h1-5,7H,(H2,16,17). The fraction of sp³-hybridized carbons (Fsp3) is 0. The van der Waals surface area contributed by atoms with Crippen molar-refractivity contribution in [3.63, 3.8) is 0 Å². The lowest BCUT2D eigenvalue weighted by atomic mass is 10.1. The summed E-state index contributed by atoms with van der Waals surface area (Å²) in [7, 11) is 0. The number of nitrogen functional groups attached to an aromatic ring is 1. The molecule has 2 heterocycles. The Balaban J connectivity index is 2.29. The highest BCUT2D eigenvalue weighted by Gasteiger charge is 2.10. The molecule has 0 fully saturated rings. The molecule has 0 amide bonds. The van der Waals surface area contributed by atoms with Crippen LogP contribution in [0.2, 0.25) is 5.15 Å². The smallest absolute Gasteiger partial charge is 0.152 e. The van der Waals surface area contributed by atoms with Crippen LogP contribution in [0.1, 0.15) is 5.56 Å². The van der Waals surface area contributed by atoms with Crippen molar-refractivity contribution in [2.24, 2.45) is 0 Å². The fourth-order valence-electron chi connectivity index (χ4n) is 1.92. The summed E-state index contributed by atoms with van der Waals surface area (Å²) in [5.74, 6) is 0.324. The molecule has 0 aliphatic carbocycles. The zero-order valence-electron chi connectivity index (χ0n) is 9.71. The molecular formula is C13H8ClN5. The summed E-state index contributed by atoms with van der Waals surface area (Å²) < 4.78 is 1.56. The lowest BCUT2D eigenvalue weighted by Crippen LogP contribution is -2.00. The highest BCUT2D eigenvalue weighted by molar-refractivity contribution is 6.29.